The number of rotatable bonds is 8. The van der Waals surface area contributed by atoms with E-state index in [9.17, 15) is 0 Å². The third-order valence-corrected chi connectivity index (χ3v) is 4.28. The predicted molar refractivity (Wildman–Crippen MR) is 78.9 cm³/mol. The lowest BCUT2D eigenvalue weighted by atomic mass is 9.75. The molecule has 0 aliphatic heterocycles. The average molecular weight is 255 g/mol. The van der Waals surface area contributed by atoms with Crippen molar-refractivity contribution in [3.8, 4) is 0 Å². The molecule has 1 saturated carbocycles. The molecule has 0 aromatic carbocycles. The summed E-state index contributed by atoms with van der Waals surface area (Å²) in [6.45, 7) is 12.3. The van der Waals surface area contributed by atoms with E-state index in [1.54, 1.807) is 0 Å². The van der Waals surface area contributed by atoms with Crippen molar-refractivity contribution in [3.63, 3.8) is 0 Å². The third kappa shape index (κ3) is 5.71. The first kappa shape index (κ1) is 16.0. The van der Waals surface area contributed by atoms with Crippen molar-refractivity contribution in [2.75, 3.05) is 19.7 Å². The molecular weight excluding hydrogens is 222 g/mol. The molecule has 18 heavy (non-hydrogen) atoms. The third-order valence-electron chi connectivity index (χ3n) is 4.28. The first-order chi connectivity index (χ1) is 8.65. The molecule has 0 aromatic rings. The molecule has 1 aliphatic carbocycles. The van der Waals surface area contributed by atoms with E-state index in [0.717, 1.165) is 37.5 Å². The Morgan fingerprint density at radius 1 is 1.22 bits per heavy atom. The van der Waals surface area contributed by atoms with Gasteiger partial charge in [-0.1, -0.05) is 40.5 Å². The zero-order valence-electron chi connectivity index (χ0n) is 12.9. The lowest BCUT2D eigenvalue weighted by Gasteiger charge is -2.37. The molecule has 1 aliphatic rings. The van der Waals surface area contributed by atoms with Gasteiger partial charge in [0, 0.05) is 6.54 Å². The fourth-order valence-corrected chi connectivity index (χ4v) is 3.02. The second-order valence-electron chi connectivity index (χ2n) is 6.34. The summed E-state index contributed by atoms with van der Waals surface area (Å²) < 4.78 is 6.14. The largest absolute Gasteiger partial charge is 0.377 e. The van der Waals surface area contributed by atoms with Crippen LogP contribution >= 0.6 is 0 Å². The standard InChI is InChI=1S/C16H33NO/c1-5-6-9-17-10-11-18-16-12-14(4)7-8-15(16)13(2)3/h13-17H,5-12H2,1-4H3. The van der Waals surface area contributed by atoms with Crippen LogP contribution in [0.2, 0.25) is 0 Å². The normalized spacial score (nSPS) is 28.8. The summed E-state index contributed by atoms with van der Waals surface area (Å²) in [5.74, 6) is 2.38. The van der Waals surface area contributed by atoms with Gasteiger partial charge in [0.1, 0.15) is 0 Å². The second-order valence-corrected chi connectivity index (χ2v) is 6.34. The highest BCUT2D eigenvalue weighted by atomic mass is 16.5. The molecule has 0 bridgehead atoms. The summed E-state index contributed by atoms with van der Waals surface area (Å²) in [6.07, 6.45) is 7.04. The molecule has 108 valence electrons. The van der Waals surface area contributed by atoms with Gasteiger partial charge in [0.05, 0.1) is 12.7 Å². The Hall–Kier alpha value is -0.0800. The van der Waals surface area contributed by atoms with Gasteiger partial charge < -0.3 is 10.1 Å². The Labute approximate surface area is 114 Å². The molecular formula is C16H33NO. The van der Waals surface area contributed by atoms with Crippen LogP contribution < -0.4 is 5.32 Å². The Bertz CT molecular complexity index is 205. The van der Waals surface area contributed by atoms with Crippen molar-refractivity contribution in [2.24, 2.45) is 17.8 Å². The zero-order valence-corrected chi connectivity index (χ0v) is 12.9. The molecule has 0 radical (unpaired) electrons. The van der Waals surface area contributed by atoms with Crippen molar-refractivity contribution >= 4 is 0 Å². The van der Waals surface area contributed by atoms with Crippen LogP contribution in [0.25, 0.3) is 0 Å². The van der Waals surface area contributed by atoms with E-state index in [-0.39, 0.29) is 0 Å². The van der Waals surface area contributed by atoms with E-state index in [1.807, 2.05) is 0 Å². The summed E-state index contributed by atoms with van der Waals surface area (Å²) in [7, 11) is 0. The van der Waals surface area contributed by atoms with Crippen LogP contribution in [0.4, 0.5) is 0 Å². The molecule has 1 N–H and O–H groups in total. The van der Waals surface area contributed by atoms with Gasteiger partial charge in [-0.2, -0.15) is 0 Å². The summed E-state index contributed by atoms with van der Waals surface area (Å²) >= 11 is 0. The van der Waals surface area contributed by atoms with Crippen molar-refractivity contribution in [3.05, 3.63) is 0 Å². The van der Waals surface area contributed by atoms with Gasteiger partial charge in [-0.15, -0.1) is 0 Å². The molecule has 3 atom stereocenters. The number of unbranched alkanes of at least 4 members (excludes halogenated alkanes) is 1. The van der Waals surface area contributed by atoms with Crippen LogP contribution in [0, 0.1) is 17.8 Å². The van der Waals surface area contributed by atoms with Crippen molar-refractivity contribution in [1.29, 1.82) is 0 Å². The highest BCUT2D eigenvalue weighted by Crippen LogP contribution is 2.35. The number of hydrogen-bond acceptors (Lipinski definition) is 2. The second kappa shape index (κ2) is 8.92. The monoisotopic (exact) mass is 255 g/mol. The Balaban J connectivity index is 2.20. The van der Waals surface area contributed by atoms with Crippen LogP contribution in [0.3, 0.4) is 0 Å². The van der Waals surface area contributed by atoms with Gasteiger partial charge in [0.25, 0.3) is 0 Å². The van der Waals surface area contributed by atoms with Gasteiger partial charge in [0.2, 0.25) is 0 Å². The first-order valence-electron chi connectivity index (χ1n) is 7.97. The molecule has 0 saturated heterocycles. The van der Waals surface area contributed by atoms with Crippen LogP contribution in [0.1, 0.15) is 59.8 Å². The maximum Gasteiger partial charge on any atom is 0.0608 e. The maximum absolute atomic E-state index is 6.14. The fraction of sp³-hybridized carbons (Fsp3) is 1.00. The van der Waals surface area contributed by atoms with Crippen LogP contribution in [0.15, 0.2) is 0 Å². The quantitative estimate of drug-likeness (QED) is 0.665. The average Bonchev–Trinajstić information content (AvgIpc) is 2.33. The van der Waals surface area contributed by atoms with Gasteiger partial charge in [-0.05, 0) is 43.6 Å². The lowest BCUT2D eigenvalue weighted by molar-refractivity contribution is -0.0366. The smallest absolute Gasteiger partial charge is 0.0608 e. The molecule has 0 amide bonds. The fourth-order valence-electron chi connectivity index (χ4n) is 3.02. The minimum absolute atomic E-state index is 0.502. The predicted octanol–water partition coefficient (Wildman–Crippen LogP) is 3.85. The molecule has 0 spiro atoms. The first-order valence-corrected chi connectivity index (χ1v) is 7.97. The number of ether oxygens (including phenoxy) is 1. The maximum atomic E-state index is 6.14. The van der Waals surface area contributed by atoms with Gasteiger partial charge in [0.15, 0.2) is 0 Å². The molecule has 1 fully saturated rings. The number of hydrogen-bond donors (Lipinski definition) is 1. The number of nitrogens with one attached hydrogen (secondary N) is 1. The summed E-state index contributed by atoms with van der Waals surface area (Å²) in [5.41, 5.74) is 0. The van der Waals surface area contributed by atoms with Gasteiger partial charge >= 0.3 is 0 Å². The minimum Gasteiger partial charge on any atom is -0.377 e. The van der Waals surface area contributed by atoms with Gasteiger partial charge in [-0.3, -0.25) is 0 Å². The van der Waals surface area contributed by atoms with E-state index in [2.05, 4.69) is 33.0 Å². The topological polar surface area (TPSA) is 21.3 Å². The Morgan fingerprint density at radius 2 is 2.00 bits per heavy atom. The van der Waals surface area contributed by atoms with E-state index in [1.165, 1.54) is 32.1 Å². The van der Waals surface area contributed by atoms with Crippen LogP contribution in [-0.4, -0.2) is 25.8 Å². The molecule has 2 nitrogen and oxygen atoms in total. The molecule has 0 aromatic heterocycles. The minimum atomic E-state index is 0.502. The zero-order chi connectivity index (χ0) is 13.4. The highest BCUT2D eigenvalue weighted by molar-refractivity contribution is 4.81. The summed E-state index contributed by atoms with van der Waals surface area (Å²) in [5, 5.41) is 3.46. The van der Waals surface area contributed by atoms with E-state index < -0.39 is 0 Å². The van der Waals surface area contributed by atoms with E-state index in [0.29, 0.717) is 6.10 Å². The summed E-state index contributed by atoms with van der Waals surface area (Å²) in [6, 6.07) is 0. The van der Waals surface area contributed by atoms with Crippen molar-refractivity contribution < 1.29 is 4.74 Å². The van der Waals surface area contributed by atoms with E-state index in [4.69, 9.17) is 4.74 Å². The SMILES string of the molecule is CCCCNCCOC1CC(C)CCC1C(C)C. The summed E-state index contributed by atoms with van der Waals surface area (Å²) in [4.78, 5) is 0. The van der Waals surface area contributed by atoms with Crippen LogP contribution in [-0.2, 0) is 4.74 Å². The molecule has 0 heterocycles. The van der Waals surface area contributed by atoms with Gasteiger partial charge in [-0.25, -0.2) is 0 Å². The molecule has 2 heteroatoms. The van der Waals surface area contributed by atoms with E-state index >= 15 is 0 Å². The Kier molecular flexibility index (Phi) is 7.92. The Morgan fingerprint density at radius 3 is 2.67 bits per heavy atom. The van der Waals surface area contributed by atoms with Crippen molar-refractivity contribution in [1.82, 2.24) is 5.32 Å². The molecule has 1 rings (SSSR count). The van der Waals surface area contributed by atoms with Crippen LogP contribution in [0.5, 0.6) is 0 Å². The lowest BCUT2D eigenvalue weighted by Crippen LogP contribution is -2.36. The highest BCUT2D eigenvalue weighted by Gasteiger charge is 2.31. The molecule has 3 unspecified atom stereocenters. The van der Waals surface area contributed by atoms with Crippen molar-refractivity contribution in [2.45, 2.75) is 65.9 Å².